The van der Waals surface area contributed by atoms with Gasteiger partial charge in [-0.25, -0.2) is 9.37 Å². The second kappa shape index (κ2) is 13.0. The Hall–Kier alpha value is -4.04. The summed E-state index contributed by atoms with van der Waals surface area (Å²) >= 11 is 0. The van der Waals surface area contributed by atoms with Crippen molar-refractivity contribution in [1.29, 1.82) is 0 Å². The Kier molecular flexibility index (Phi) is 9.21. The monoisotopic (exact) mass is 516 g/mol. The number of fused-ring (bicyclic) bond motifs is 1. The number of nitrogens with two attached hydrogens (primary N) is 1. The maximum absolute atomic E-state index is 12.5. The van der Waals surface area contributed by atoms with Gasteiger partial charge in [0.25, 0.3) is 0 Å². The number of primary amides is 1. The Bertz CT molecular complexity index is 1350. The van der Waals surface area contributed by atoms with Gasteiger partial charge in [0.05, 0.1) is 11.0 Å². The van der Waals surface area contributed by atoms with E-state index in [2.05, 4.69) is 45.2 Å². The third-order valence-electron chi connectivity index (χ3n) is 6.99. The summed E-state index contributed by atoms with van der Waals surface area (Å²) in [6.45, 7) is 0.718. The van der Waals surface area contributed by atoms with Gasteiger partial charge < -0.3 is 20.7 Å². The molecule has 5 rings (SSSR count). The van der Waals surface area contributed by atoms with E-state index in [1.807, 2.05) is 18.2 Å². The highest BCUT2D eigenvalue weighted by Gasteiger charge is 2.17. The van der Waals surface area contributed by atoms with Gasteiger partial charge in [-0.15, -0.1) is 0 Å². The average molecular weight is 517 g/mol. The fraction of sp³-hybridized carbons (Fsp3) is 0.300. The average Bonchev–Trinajstić information content (AvgIpc) is 3.31. The van der Waals surface area contributed by atoms with Gasteiger partial charge in [-0.3, -0.25) is 9.59 Å². The van der Waals surface area contributed by atoms with E-state index in [9.17, 15) is 19.1 Å². The lowest BCUT2D eigenvalue weighted by molar-refractivity contribution is -0.122. The lowest BCUT2D eigenvalue weighted by atomic mass is 9.84. The van der Waals surface area contributed by atoms with Crippen LogP contribution in [0, 0.1) is 5.82 Å². The molecular formula is C30H33FN4O3. The van der Waals surface area contributed by atoms with Crippen LogP contribution in [0.2, 0.25) is 0 Å². The fourth-order valence-corrected chi connectivity index (χ4v) is 5.00. The lowest BCUT2D eigenvalue weighted by Gasteiger charge is -2.22. The molecule has 0 aliphatic heterocycles. The second-order valence-corrected chi connectivity index (χ2v) is 9.51. The normalized spacial score (nSPS) is 14.4. The highest BCUT2D eigenvalue weighted by Crippen LogP contribution is 2.32. The fourth-order valence-electron chi connectivity index (χ4n) is 5.00. The number of nitrogens with one attached hydrogen (secondary N) is 1. The molecule has 4 N–H and O–H groups in total. The van der Waals surface area contributed by atoms with Crippen molar-refractivity contribution in [2.24, 2.45) is 5.73 Å². The van der Waals surface area contributed by atoms with Gasteiger partial charge in [-0.05, 0) is 59.7 Å². The number of benzene rings is 3. The van der Waals surface area contributed by atoms with Crippen LogP contribution >= 0.6 is 0 Å². The minimum Gasteiger partial charge on any atom is -0.388 e. The van der Waals surface area contributed by atoms with E-state index in [0.29, 0.717) is 12.0 Å². The van der Waals surface area contributed by atoms with Gasteiger partial charge in [0, 0.05) is 6.54 Å². The van der Waals surface area contributed by atoms with E-state index >= 15 is 0 Å². The van der Waals surface area contributed by atoms with Crippen LogP contribution in [-0.4, -0.2) is 27.0 Å². The Morgan fingerprint density at radius 2 is 1.74 bits per heavy atom. The maximum Gasteiger partial charge on any atom is 0.244 e. The molecule has 3 aromatic carbocycles. The number of nitrogens with zero attached hydrogens (tertiary/aromatic N) is 2. The molecule has 0 spiro atoms. The largest absolute Gasteiger partial charge is 0.388 e. The Labute approximate surface area is 221 Å². The number of aliphatic hydroxyl groups excluding tert-OH is 1. The Balaban J connectivity index is 0.000000206. The second-order valence-electron chi connectivity index (χ2n) is 9.51. The molecule has 7 nitrogen and oxygen atoms in total. The molecule has 2 amide bonds. The quantitative estimate of drug-likeness (QED) is 0.294. The van der Waals surface area contributed by atoms with Gasteiger partial charge in [-0.1, -0.05) is 67.8 Å². The Morgan fingerprint density at radius 1 is 1.05 bits per heavy atom. The first-order valence-corrected chi connectivity index (χ1v) is 12.9. The van der Waals surface area contributed by atoms with E-state index in [0.717, 1.165) is 29.3 Å². The summed E-state index contributed by atoms with van der Waals surface area (Å²) in [6.07, 6.45) is 7.17. The molecule has 38 heavy (non-hydrogen) atoms. The van der Waals surface area contributed by atoms with Crippen LogP contribution in [0.5, 0.6) is 0 Å². The molecule has 1 atom stereocenters. The zero-order valence-corrected chi connectivity index (χ0v) is 21.2. The molecule has 0 saturated heterocycles. The van der Waals surface area contributed by atoms with E-state index in [1.54, 1.807) is 0 Å². The highest BCUT2D eigenvalue weighted by molar-refractivity contribution is 5.83. The van der Waals surface area contributed by atoms with Crippen molar-refractivity contribution in [3.63, 3.8) is 0 Å². The summed E-state index contributed by atoms with van der Waals surface area (Å²) < 4.78 is 14.6. The summed E-state index contributed by atoms with van der Waals surface area (Å²) in [7, 11) is 0. The van der Waals surface area contributed by atoms with Crippen molar-refractivity contribution >= 4 is 23.4 Å². The van der Waals surface area contributed by atoms with Crippen molar-refractivity contribution in [2.75, 3.05) is 0 Å². The molecule has 198 valence electrons. The number of para-hydroxylation sites is 2. The van der Waals surface area contributed by atoms with Crippen molar-refractivity contribution in [3.05, 3.63) is 101 Å². The molecule has 1 heterocycles. The topological polar surface area (TPSA) is 110 Å². The Morgan fingerprint density at radius 3 is 2.37 bits per heavy atom. The summed E-state index contributed by atoms with van der Waals surface area (Å²) in [6, 6.07) is 21.4. The van der Waals surface area contributed by atoms with Crippen LogP contribution < -0.4 is 11.1 Å². The summed E-state index contributed by atoms with van der Waals surface area (Å²) in [5.74, 6) is 0.370. The van der Waals surface area contributed by atoms with E-state index < -0.39 is 17.8 Å². The molecule has 1 unspecified atom stereocenters. The summed E-state index contributed by atoms with van der Waals surface area (Å²) in [5, 5.41) is 11.9. The summed E-state index contributed by atoms with van der Waals surface area (Å²) in [4.78, 5) is 25.6. The molecule has 1 saturated carbocycles. The van der Waals surface area contributed by atoms with Crippen LogP contribution in [0.4, 0.5) is 4.39 Å². The zero-order chi connectivity index (χ0) is 26.9. The van der Waals surface area contributed by atoms with Gasteiger partial charge in [0.2, 0.25) is 12.3 Å². The van der Waals surface area contributed by atoms with Crippen LogP contribution in [0.3, 0.4) is 0 Å². The molecular weight excluding hydrogens is 483 g/mol. The molecule has 1 aliphatic rings. The minimum absolute atomic E-state index is 0.0329. The first-order chi connectivity index (χ1) is 18.5. The van der Waals surface area contributed by atoms with E-state index in [1.165, 1.54) is 67.5 Å². The maximum atomic E-state index is 12.5. The minimum atomic E-state index is -0.909. The third-order valence-corrected chi connectivity index (χ3v) is 6.99. The third kappa shape index (κ3) is 6.63. The number of aliphatic hydroxyl groups is 1. The number of aromatic nitrogens is 2. The van der Waals surface area contributed by atoms with Crippen molar-refractivity contribution in [2.45, 2.75) is 57.2 Å². The SMILES string of the molecule is NC(=O)C(NC=O)c1ccc(F)cc1.OCc1nc2ccccc2n1Cc1ccc(C2CCCCC2)cc1. The first kappa shape index (κ1) is 27.0. The zero-order valence-electron chi connectivity index (χ0n) is 21.2. The van der Waals surface area contributed by atoms with Gasteiger partial charge in [-0.2, -0.15) is 0 Å². The van der Waals surface area contributed by atoms with Crippen LogP contribution in [0.1, 0.15) is 66.6 Å². The molecule has 1 fully saturated rings. The van der Waals surface area contributed by atoms with Crippen molar-refractivity contribution < 1.29 is 19.1 Å². The number of hydrogen-bond donors (Lipinski definition) is 3. The van der Waals surface area contributed by atoms with Crippen molar-refractivity contribution in [1.82, 2.24) is 14.9 Å². The van der Waals surface area contributed by atoms with Crippen molar-refractivity contribution in [3.8, 4) is 0 Å². The smallest absolute Gasteiger partial charge is 0.244 e. The lowest BCUT2D eigenvalue weighted by Crippen LogP contribution is -2.32. The molecule has 4 aromatic rings. The number of carbonyl (C=O) groups excluding carboxylic acids is 2. The molecule has 1 aliphatic carbocycles. The highest BCUT2D eigenvalue weighted by atomic mass is 19.1. The standard InChI is InChI=1S/C21H24N2O.C9H9FN2O2/c24-15-21-22-19-8-4-5-9-20(19)23(21)14-16-10-12-18(13-11-16)17-6-2-1-3-7-17;10-7-3-1-6(2-4-7)8(9(11)14)12-5-13/h4-5,8-13,17,24H,1-3,6-7,14-15H2;1-5,8H,(H2,11,14)(H,12,13). The van der Waals surface area contributed by atoms with Gasteiger partial charge in [0.1, 0.15) is 24.3 Å². The first-order valence-electron chi connectivity index (χ1n) is 12.9. The molecule has 1 aromatic heterocycles. The van der Waals surface area contributed by atoms with Gasteiger partial charge >= 0.3 is 0 Å². The van der Waals surface area contributed by atoms with E-state index in [4.69, 9.17) is 5.73 Å². The molecule has 0 bridgehead atoms. The number of hydrogen-bond acceptors (Lipinski definition) is 4. The number of imidazole rings is 1. The summed E-state index contributed by atoms with van der Waals surface area (Å²) in [5.41, 5.74) is 10.3. The molecule has 8 heteroatoms. The predicted octanol–water partition coefficient (Wildman–Crippen LogP) is 4.72. The van der Waals surface area contributed by atoms with Crippen LogP contribution in [0.15, 0.2) is 72.8 Å². The number of rotatable bonds is 8. The number of carbonyl (C=O) groups is 2. The van der Waals surface area contributed by atoms with Crippen LogP contribution in [-0.2, 0) is 22.7 Å². The molecule has 0 radical (unpaired) electrons. The van der Waals surface area contributed by atoms with Crippen LogP contribution in [0.25, 0.3) is 11.0 Å². The predicted molar refractivity (Wildman–Crippen MR) is 145 cm³/mol. The van der Waals surface area contributed by atoms with E-state index in [-0.39, 0.29) is 6.61 Å². The number of amides is 2. The van der Waals surface area contributed by atoms with Gasteiger partial charge in [0.15, 0.2) is 0 Å². The number of halogens is 1.